The Morgan fingerprint density at radius 2 is 1.53 bits per heavy atom. The van der Waals surface area contributed by atoms with Gasteiger partial charge in [0.25, 0.3) is 0 Å². The van der Waals surface area contributed by atoms with Gasteiger partial charge in [0.2, 0.25) is 0 Å². The number of nitrogens with zero attached hydrogens (tertiary/aromatic N) is 2. The first-order chi connectivity index (χ1) is 16.0. The van der Waals surface area contributed by atoms with Crippen molar-refractivity contribution in [3.63, 3.8) is 0 Å². The maximum atomic E-state index is 12.4. The third-order valence-corrected chi connectivity index (χ3v) is 4.84. The number of alkyl halides is 6. The minimum Gasteiger partial charge on any atom is -0.383 e. The summed E-state index contributed by atoms with van der Waals surface area (Å²) in [6.07, 6.45) is -9.63. The van der Waals surface area contributed by atoms with Crippen LogP contribution in [0.5, 0.6) is 0 Å². The summed E-state index contributed by atoms with van der Waals surface area (Å²) in [5, 5.41) is 3.44. The van der Waals surface area contributed by atoms with Gasteiger partial charge in [-0.25, -0.2) is 0 Å². The molecule has 0 aromatic heterocycles. The number of guanidine groups is 1. The molecular formula is C23H27F6N3O2. The SMILES string of the molecule is COCCN=C1N[C@H](c2ccccc2)CN1C.COCc1cc(C(F)(F)F)cc(C(F)(F)F)c1. The number of hydrogen-bond acceptors (Lipinski definition) is 3. The molecule has 5 nitrogen and oxygen atoms in total. The summed E-state index contributed by atoms with van der Waals surface area (Å²) in [7, 11) is 4.94. The predicted octanol–water partition coefficient (Wildman–Crippen LogP) is 5.14. The lowest BCUT2D eigenvalue weighted by molar-refractivity contribution is -0.143. The van der Waals surface area contributed by atoms with Gasteiger partial charge in [-0.1, -0.05) is 30.3 Å². The number of halogens is 6. The molecule has 0 amide bonds. The zero-order chi connectivity index (χ0) is 25.4. The van der Waals surface area contributed by atoms with Crippen LogP contribution in [0.2, 0.25) is 0 Å². The number of ether oxygens (including phenoxy) is 2. The summed E-state index contributed by atoms with van der Waals surface area (Å²) >= 11 is 0. The number of hydrogen-bond donors (Lipinski definition) is 1. The van der Waals surface area contributed by atoms with Crippen molar-refractivity contribution in [1.82, 2.24) is 10.2 Å². The van der Waals surface area contributed by atoms with Gasteiger partial charge in [-0.15, -0.1) is 0 Å². The number of rotatable bonds is 6. The van der Waals surface area contributed by atoms with Crippen molar-refractivity contribution in [2.24, 2.45) is 4.99 Å². The second kappa shape index (κ2) is 12.1. The molecule has 1 aliphatic rings. The number of benzene rings is 2. The Morgan fingerprint density at radius 1 is 0.941 bits per heavy atom. The Balaban J connectivity index is 0.000000240. The lowest BCUT2D eigenvalue weighted by Crippen LogP contribution is -2.27. The monoisotopic (exact) mass is 491 g/mol. The Hall–Kier alpha value is -2.79. The Bertz CT molecular complexity index is 900. The molecule has 1 aliphatic heterocycles. The maximum Gasteiger partial charge on any atom is 0.416 e. The molecule has 0 spiro atoms. The second-order valence-corrected chi connectivity index (χ2v) is 7.53. The zero-order valence-electron chi connectivity index (χ0n) is 19.0. The van der Waals surface area contributed by atoms with Gasteiger partial charge in [0, 0.05) is 27.8 Å². The van der Waals surface area contributed by atoms with E-state index in [9.17, 15) is 26.3 Å². The van der Waals surface area contributed by atoms with E-state index in [0.29, 0.717) is 31.3 Å². The van der Waals surface area contributed by atoms with E-state index in [0.717, 1.165) is 12.5 Å². The van der Waals surface area contributed by atoms with E-state index in [4.69, 9.17) is 4.74 Å². The van der Waals surface area contributed by atoms with Crippen molar-refractivity contribution in [1.29, 1.82) is 0 Å². The molecular weight excluding hydrogens is 464 g/mol. The van der Waals surface area contributed by atoms with Crippen molar-refractivity contribution < 1.29 is 35.8 Å². The van der Waals surface area contributed by atoms with E-state index in [1.165, 1.54) is 12.7 Å². The fraction of sp³-hybridized carbons (Fsp3) is 0.435. The quantitative estimate of drug-likeness (QED) is 0.449. The van der Waals surface area contributed by atoms with Gasteiger partial charge < -0.3 is 19.7 Å². The first-order valence-electron chi connectivity index (χ1n) is 10.3. The predicted molar refractivity (Wildman–Crippen MR) is 116 cm³/mol. The van der Waals surface area contributed by atoms with E-state index in [1.807, 2.05) is 6.07 Å². The first-order valence-corrected chi connectivity index (χ1v) is 10.3. The summed E-state index contributed by atoms with van der Waals surface area (Å²) in [6.45, 7) is 2.00. The van der Waals surface area contributed by atoms with Gasteiger partial charge in [-0.3, -0.25) is 4.99 Å². The van der Waals surface area contributed by atoms with Crippen LogP contribution in [-0.2, 0) is 28.4 Å². The van der Waals surface area contributed by atoms with Crippen molar-refractivity contribution in [3.05, 3.63) is 70.8 Å². The number of methoxy groups -OCH3 is 2. The summed E-state index contributed by atoms with van der Waals surface area (Å²) < 4.78 is 83.7. The molecule has 1 fully saturated rings. The van der Waals surface area contributed by atoms with Crippen LogP contribution in [0.15, 0.2) is 53.5 Å². The Labute approximate surface area is 194 Å². The van der Waals surface area contributed by atoms with Gasteiger partial charge in [-0.05, 0) is 29.3 Å². The molecule has 2 aromatic carbocycles. The second-order valence-electron chi connectivity index (χ2n) is 7.53. The summed E-state index contributed by atoms with van der Waals surface area (Å²) in [4.78, 5) is 6.62. The van der Waals surface area contributed by atoms with Crippen LogP contribution < -0.4 is 5.32 Å². The topological polar surface area (TPSA) is 46.1 Å². The van der Waals surface area contributed by atoms with Crippen LogP contribution >= 0.6 is 0 Å². The summed E-state index contributed by atoms with van der Waals surface area (Å²) in [5.74, 6) is 0.955. The average Bonchev–Trinajstić information content (AvgIpc) is 3.14. The van der Waals surface area contributed by atoms with Crippen LogP contribution in [0, 0.1) is 0 Å². The van der Waals surface area contributed by atoms with Crippen LogP contribution in [-0.4, -0.2) is 51.8 Å². The van der Waals surface area contributed by atoms with E-state index in [-0.39, 0.29) is 18.2 Å². The molecule has 0 unspecified atom stereocenters. The van der Waals surface area contributed by atoms with Crippen molar-refractivity contribution in [2.45, 2.75) is 25.0 Å². The molecule has 2 aromatic rings. The molecule has 0 bridgehead atoms. The summed E-state index contributed by atoms with van der Waals surface area (Å²) in [6, 6.07) is 12.1. The maximum absolute atomic E-state index is 12.4. The highest BCUT2D eigenvalue weighted by atomic mass is 19.4. The third kappa shape index (κ3) is 8.21. The molecule has 1 N–H and O–H groups in total. The van der Waals surface area contributed by atoms with Gasteiger partial charge in [0.05, 0.1) is 36.9 Å². The number of likely N-dealkylation sites (N-methyl/N-ethyl adjacent to an activating group) is 1. The molecule has 1 heterocycles. The van der Waals surface area contributed by atoms with Gasteiger partial charge >= 0.3 is 12.4 Å². The molecule has 1 atom stereocenters. The molecule has 0 radical (unpaired) electrons. The molecule has 0 saturated carbocycles. The fourth-order valence-electron chi connectivity index (χ4n) is 3.22. The highest BCUT2D eigenvalue weighted by Gasteiger charge is 2.36. The van der Waals surface area contributed by atoms with Gasteiger partial charge in [0.1, 0.15) is 0 Å². The largest absolute Gasteiger partial charge is 0.416 e. The zero-order valence-corrected chi connectivity index (χ0v) is 19.0. The molecule has 3 rings (SSSR count). The minimum atomic E-state index is -4.82. The first kappa shape index (κ1) is 27.5. The van der Waals surface area contributed by atoms with E-state index >= 15 is 0 Å². The van der Waals surface area contributed by atoms with Gasteiger partial charge in [0.15, 0.2) is 5.96 Å². The van der Waals surface area contributed by atoms with Crippen molar-refractivity contribution in [3.8, 4) is 0 Å². The summed E-state index contributed by atoms with van der Waals surface area (Å²) in [5.41, 5.74) is -1.54. The smallest absolute Gasteiger partial charge is 0.383 e. The number of aliphatic imine (C=N–C) groups is 1. The van der Waals surface area contributed by atoms with Gasteiger partial charge in [-0.2, -0.15) is 26.3 Å². The van der Waals surface area contributed by atoms with Crippen molar-refractivity contribution in [2.75, 3.05) is 41.0 Å². The van der Waals surface area contributed by atoms with Crippen LogP contribution in [0.3, 0.4) is 0 Å². The minimum absolute atomic E-state index is 0.0825. The highest BCUT2D eigenvalue weighted by molar-refractivity contribution is 5.82. The third-order valence-electron chi connectivity index (χ3n) is 4.84. The molecule has 1 saturated heterocycles. The Kier molecular flexibility index (Phi) is 9.75. The molecule has 34 heavy (non-hydrogen) atoms. The molecule has 188 valence electrons. The molecule has 11 heteroatoms. The highest BCUT2D eigenvalue weighted by Crippen LogP contribution is 2.36. The van der Waals surface area contributed by atoms with E-state index < -0.39 is 23.5 Å². The Morgan fingerprint density at radius 3 is 2.03 bits per heavy atom. The van der Waals surface area contributed by atoms with Crippen LogP contribution in [0.25, 0.3) is 0 Å². The van der Waals surface area contributed by atoms with Crippen molar-refractivity contribution >= 4 is 5.96 Å². The van der Waals surface area contributed by atoms with Crippen LogP contribution in [0.1, 0.15) is 28.3 Å². The number of nitrogens with one attached hydrogen (secondary N) is 1. The fourth-order valence-corrected chi connectivity index (χ4v) is 3.22. The van der Waals surface area contributed by atoms with E-state index in [1.54, 1.807) is 7.11 Å². The lowest BCUT2D eigenvalue weighted by Gasteiger charge is -2.13. The van der Waals surface area contributed by atoms with Crippen LogP contribution in [0.4, 0.5) is 26.3 Å². The van der Waals surface area contributed by atoms with E-state index in [2.05, 4.69) is 51.3 Å². The average molecular weight is 491 g/mol. The normalized spacial score (nSPS) is 17.4. The lowest BCUT2D eigenvalue weighted by atomic mass is 10.1. The standard InChI is InChI=1S/C13H19N3O.C10H8F6O/c1-16-10-12(11-6-4-3-5-7-11)15-13(16)14-8-9-17-2;1-17-5-6-2-7(9(11,12)13)4-8(3-6)10(14,15)16/h3-7,12H,8-10H2,1-2H3,(H,14,15);2-4H,5H2,1H3/t12-;/m0./s1. The molecule has 0 aliphatic carbocycles.